The van der Waals surface area contributed by atoms with E-state index in [4.69, 9.17) is 0 Å². The van der Waals surface area contributed by atoms with Gasteiger partial charge in [0.2, 0.25) is 0 Å². The van der Waals surface area contributed by atoms with Crippen molar-refractivity contribution in [2.75, 3.05) is 0 Å². The largest absolute Gasteiger partial charge is 0.207 e. The summed E-state index contributed by atoms with van der Waals surface area (Å²) in [5, 5.41) is 2.04. The molecule has 1 saturated carbocycles. The first-order chi connectivity index (χ1) is 12.2. The van der Waals surface area contributed by atoms with E-state index in [1.165, 1.54) is 54.9 Å². The van der Waals surface area contributed by atoms with Crippen LogP contribution in [0, 0.1) is 11.7 Å². The lowest BCUT2D eigenvalue weighted by Crippen LogP contribution is -2.12. The zero-order valence-corrected chi connectivity index (χ0v) is 14.8. The van der Waals surface area contributed by atoms with Gasteiger partial charge in [0.1, 0.15) is 5.82 Å². The van der Waals surface area contributed by atoms with Gasteiger partial charge >= 0.3 is 0 Å². The fourth-order valence-corrected chi connectivity index (χ4v) is 4.25. The van der Waals surface area contributed by atoms with Crippen molar-refractivity contribution in [1.29, 1.82) is 0 Å². The summed E-state index contributed by atoms with van der Waals surface area (Å²) in [6, 6.07) is 20.3. The van der Waals surface area contributed by atoms with Crippen LogP contribution in [0.1, 0.15) is 50.5 Å². The van der Waals surface area contributed by atoms with Crippen LogP contribution in [0.3, 0.4) is 0 Å². The van der Waals surface area contributed by atoms with Crippen LogP contribution in [0.15, 0.2) is 60.7 Å². The molecule has 0 spiro atoms. The molecule has 0 unspecified atom stereocenters. The smallest absolute Gasteiger partial charge is 0.123 e. The van der Waals surface area contributed by atoms with Crippen LogP contribution < -0.4 is 0 Å². The van der Waals surface area contributed by atoms with Crippen molar-refractivity contribution in [3.63, 3.8) is 0 Å². The van der Waals surface area contributed by atoms with Gasteiger partial charge in [0.05, 0.1) is 0 Å². The molecular formula is C24H25F. The highest BCUT2D eigenvalue weighted by Gasteiger charge is 2.21. The lowest BCUT2D eigenvalue weighted by molar-refractivity contribution is 0.319. The van der Waals surface area contributed by atoms with Crippen molar-refractivity contribution >= 4 is 10.8 Å². The van der Waals surface area contributed by atoms with Crippen molar-refractivity contribution in [3.05, 3.63) is 72.0 Å². The third kappa shape index (κ3) is 3.46. The standard InChI is InChI=1S/C24H25F/c1-2-17-3-5-18(6-4-17)19-7-9-20(10-8-19)21-11-12-23-16-24(25)14-13-22(23)15-21/h7-18H,2-6H2,1H3. The first-order valence-electron chi connectivity index (χ1n) is 9.52. The Bertz CT molecular complexity index is 855. The van der Waals surface area contributed by atoms with Crippen LogP contribution >= 0.6 is 0 Å². The van der Waals surface area contributed by atoms with Crippen LogP contribution in [0.25, 0.3) is 21.9 Å². The Hall–Kier alpha value is -2.15. The quantitative estimate of drug-likeness (QED) is 0.471. The molecule has 0 nitrogen and oxygen atoms in total. The SMILES string of the molecule is CCC1CCC(c2ccc(-c3ccc4cc(F)ccc4c3)cc2)CC1. The zero-order chi connectivity index (χ0) is 17.2. The molecule has 1 heteroatoms. The van der Waals surface area contributed by atoms with Crippen LogP contribution in [-0.2, 0) is 0 Å². The highest BCUT2D eigenvalue weighted by atomic mass is 19.1. The predicted molar refractivity (Wildman–Crippen MR) is 104 cm³/mol. The lowest BCUT2D eigenvalue weighted by Gasteiger charge is -2.28. The summed E-state index contributed by atoms with van der Waals surface area (Å²) in [6.07, 6.45) is 6.75. The lowest BCUT2D eigenvalue weighted by atomic mass is 9.77. The maximum Gasteiger partial charge on any atom is 0.123 e. The Morgan fingerprint density at radius 2 is 1.40 bits per heavy atom. The maximum absolute atomic E-state index is 13.3. The minimum atomic E-state index is -0.178. The summed E-state index contributed by atoms with van der Waals surface area (Å²) in [7, 11) is 0. The summed E-state index contributed by atoms with van der Waals surface area (Å²) >= 11 is 0. The topological polar surface area (TPSA) is 0 Å². The van der Waals surface area contributed by atoms with Gasteiger partial charge < -0.3 is 0 Å². The van der Waals surface area contributed by atoms with Crippen molar-refractivity contribution < 1.29 is 4.39 Å². The Kier molecular flexibility index (Phi) is 4.57. The van der Waals surface area contributed by atoms with Gasteiger partial charge in [-0.2, -0.15) is 0 Å². The third-order valence-corrected chi connectivity index (χ3v) is 5.94. The van der Waals surface area contributed by atoms with Gasteiger partial charge in [-0.3, -0.25) is 0 Å². The third-order valence-electron chi connectivity index (χ3n) is 5.94. The van der Waals surface area contributed by atoms with E-state index < -0.39 is 0 Å². The summed E-state index contributed by atoms with van der Waals surface area (Å²) in [6.45, 7) is 2.32. The first kappa shape index (κ1) is 16.3. The average molecular weight is 332 g/mol. The van der Waals surface area contributed by atoms with Crippen molar-refractivity contribution in [2.45, 2.75) is 44.9 Å². The van der Waals surface area contributed by atoms with Crippen LogP contribution in [0.5, 0.6) is 0 Å². The number of benzene rings is 3. The summed E-state index contributed by atoms with van der Waals surface area (Å²) in [5.74, 6) is 1.50. The Labute approximate surface area is 149 Å². The van der Waals surface area contributed by atoms with Crippen molar-refractivity contribution in [2.24, 2.45) is 5.92 Å². The molecule has 1 aliphatic rings. The van der Waals surface area contributed by atoms with E-state index >= 15 is 0 Å². The van der Waals surface area contributed by atoms with Gasteiger partial charge in [0.15, 0.2) is 0 Å². The molecule has 0 aliphatic heterocycles. The minimum absolute atomic E-state index is 0.178. The molecule has 0 saturated heterocycles. The maximum atomic E-state index is 13.3. The molecule has 0 amide bonds. The zero-order valence-electron chi connectivity index (χ0n) is 14.8. The molecular weight excluding hydrogens is 307 g/mol. The highest BCUT2D eigenvalue weighted by molar-refractivity contribution is 5.87. The average Bonchev–Trinajstić information content (AvgIpc) is 2.68. The molecule has 128 valence electrons. The number of rotatable bonds is 3. The van der Waals surface area contributed by atoms with E-state index in [1.807, 2.05) is 12.1 Å². The van der Waals surface area contributed by atoms with E-state index in [1.54, 1.807) is 6.07 Å². The van der Waals surface area contributed by atoms with Crippen LogP contribution in [0.2, 0.25) is 0 Å². The van der Waals surface area contributed by atoms with Crippen LogP contribution in [-0.4, -0.2) is 0 Å². The Morgan fingerprint density at radius 3 is 2.12 bits per heavy atom. The predicted octanol–water partition coefficient (Wildman–Crippen LogP) is 7.33. The monoisotopic (exact) mass is 332 g/mol. The molecule has 4 rings (SSSR count). The molecule has 3 aromatic carbocycles. The van der Waals surface area contributed by atoms with Crippen LogP contribution in [0.4, 0.5) is 4.39 Å². The van der Waals surface area contributed by atoms with E-state index in [9.17, 15) is 4.39 Å². The normalized spacial score (nSPS) is 20.7. The van der Waals surface area contributed by atoms with Gasteiger partial charge in [-0.15, -0.1) is 0 Å². The van der Waals surface area contributed by atoms with Gasteiger partial charge in [0, 0.05) is 0 Å². The van der Waals surface area contributed by atoms with Gasteiger partial charge in [0.25, 0.3) is 0 Å². The minimum Gasteiger partial charge on any atom is -0.207 e. The van der Waals surface area contributed by atoms with E-state index in [2.05, 4.69) is 43.3 Å². The molecule has 1 fully saturated rings. The van der Waals surface area contributed by atoms with E-state index in [0.29, 0.717) is 0 Å². The first-order valence-corrected chi connectivity index (χ1v) is 9.52. The Balaban J connectivity index is 1.55. The Morgan fingerprint density at radius 1 is 0.760 bits per heavy atom. The fourth-order valence-electron chi connectivity index (χ4n) is 4.25. The molecule has 0 heterocycles. The number of hydrogen-bond donors (Lipinski definition) is 0. The molecule has 1 aliphatic carbocycles. The molecule has 25 heavy (non-hydrogen) atoms. The van der Waals surface area contributed by atoms with Crippen molar-refractivity contribution in [3.8, 4) is 11.1 Å². The van der Waals surface area contributed by atoms with Gasteiger partial charge in [-0.25, -0.2) is 4.39 Å². The fraction of sp³-hybridized carbons (Fsp3) is 0.333. The second-order valence-corrected chi connectivity index (χ2v) is 7.45. The van der Waals surface area contributed by atoms with E-state index in [0.717, 1.165) is 22.6 Å². The second-order valence-electron chi connectivity index (χ2n) is 7.45. The molecule has 0 aromatic heterocycles. The van der Waals surface area contributed by atoms with Crippen molar-refractivity contribution in [1.82, 2.24) is 0 Å². The molecule has 0 atom stereocenters. The summed E-state index contributed by atoms with van der Waals surface area (Å²) in [4.78, 5) is 0. The van der Waals surface area contributed by atoms with Gasteiger partial charge in [-0.05, 0) is 83.2 Å². The molecule has 0 N–H and O–H groups in total. The number of hydrogen-bond acceptors (Lipinski definition) is 0. The number of halogens is 1. The molecule has 0 bridgehead atoms. The second kappa shape index (κ2) is 7.00. The van der Waals surface area contributed by atoms with E-state index in [-0.39, 0.29) is 5.82 Å². The van der Waals surface area contributed by atoms with Gasteiger partial charge in [-0.1, -0.05) is 55.8 Å². The molecule has 0 radical (unpaired) electrons. The molecule has 3 aromatic rings. The number of fused-ring (bicyclic) bond motifs is 1. The summed E-state index contributed by atoms with van der Waals surface area (Å²) in [5.41, 5.74) is 3.92. The highest BCUT2D eigenvalue weighted by Crippen LogP contribution is 2.37. The summed E-state index contributed by atoms with van der Waals surface area (Å²) < 4.78 is 13.3.